The third-order valence-corrected chi connectivity index (χ3v) is 3.37. The van der Waals surface area contributed by atoms with Crippen LogP contribution in [-0.2, 0) is 4.79 Å². The van der Waals surface area contributed by atoms with Gasteiger partial charge in [0, 0.05) is 0 Å². The molecular weight excluding hydrogens is 362 g/mol. The summed E-state index contributed by atoms with van der Waals surface area (Å²) in [6, 6.07) is 3.55. The second-order valence-corrected chi connectivity index (χ2v) is 5.02. The number of carbonyl (C=O) groups is 1. The minimum Gasteiger partial charge on any atom is -0.447 e. The zero-order valence-corrected chi connectivity index (χ0v) is 11.7. The summed E-state index contributed by atoms with van der Waals surface area (Å²) < 4.78 is 5.95. The zero-order chi connectivity index (χ0) is 11.5. The lowest BCUT2D eigenvalue weighted by atomic mass is 10.5. The van der Waals surface area contributed by atoms with Gasteiger partial charge in [-0.15, -0.1) is 10.2 Å². The smallest absolute Gasteiger partial charge is 0.236 e. The van der Waals surface area contributed by atoms with Crippen LogP contribution < -0.4 is 5.32 Å². The topological polar surface area (TPSA) is 68.0 Å². The van der Waals surface area contributed by atoms with Crippen LogP contribution >= 0.6 is 43.2 Å². The first-order valence-electron chi connectivity index (χ1n) is 4.14. The van der Waals surface area contributed by atoms with Crippen LogP contribution in [-0.4, -0.2) is 21.4 Å². The molecule has 0 fully saturated rings. The molecule has 8 heteroatoms. The molecule has 16 heavy (non-hydrogen) atoms. The van der Waals surface area contributed by atoms with Crippen LogP contribution in [0.4, 0.5) is 5.13 Å². The number of furan rings is 1. The average molecular weight is 367 g/mol. The fraction of sp³-hybridized carbons (Fsp3) is 0.125. The predicted molar refractivity (Wildman–Crippen MR) is 67.7 cm³/mol. The van der Waals surface area contributed by atoms with Gasteiger partial charge in [-0.3, -0.25) is 10.1 Å². The van der Waals surface area contributed by atoms with Gasteiger partial charge in [0.05, 0.1) is 5.33 Å². The monoisotopic (exact) mass is 365 g/mol. The van der Waals surface area contributed by atoms with Gasteiger partial charge in [0.1, 0.15) is 0 Å². The van der Waals surface area contributed by atoms with Crippen LogP contribution in [0.25, 0.3) is 10.8 Å². The quantitative estimate of drug-likeness (QED) is 0.848. The van der Waals surface area contributed by atoms with Crippen molar-refractivity contribution in [3.8, 4) is 10.8 Å². The Bertz CT molecular complexity index is 511. The summed E-state index contributed by atoms with van der Waals surface area (Å²) in [5, 5.41) is 11.6. The van der Waals surface area contributed by atoms with E-state index in [-0.39, 0.29) is 11.2 Å². The SMILES string of the molecule is O=C(CBr)Nc1nnc(-c2ccc(Br)o2)s1. The molecule has 0 spiro atoms. The van der Waals surface area contributed by atoms with Crippen LogP contribution in [0.3, 0.4) is 0 Å². The summed E-state index contributed by atoms with van der Waals surface area (Å²) in [5.41, 5.74) is 0. The van der Waals surface area contributed by atoms with E-state index in [1.54, 1.807) is 12.1 Å². The Morgan fingerprint density at radius 1 is 1.50 bits per heavy atom. The number of hydrogen-bond acceptors (Lipinski definition) is 5. The van der Waals surface area contributed by atoms with Crippen molar-refractivity contribution in [2.75, 3.05) is 10.6 Å². The summed E-state index contributed by atoms with van der Waals surface area (Å²) >= 11 is 7.50. The molecule has 2 rings (SSSR count). The number of aromatic nitrogens is 2. The van der Waals surface area contributed by atoms with E-state index in [0.29, 0.717) is 20.6 Å². The molecule has 0 unspecified atom stereocenters. The number of halogens is 2. The average Bonchev–Trinajstić information content (AvgIpc) is 2.87. The van der Waals surface area contributed by atoms with E-state index < -0.39 is 0 Å². The van der Waals surface area contributed by atoms with Crippen LogP contribution in [0.5, 0.6) is 0 Å². The molecule has 2 aromatic heterocycles. The van der Waals surface area contributed by atoms with Gasteiger partial charge in [-0.1, -0.05) is 27.3 Å². The summed E-state index contributed by atoms with van der Waals surface area (Å²) in [5.74, 6) is 0.451. The summed E-state index contributed by atoms with van der Waals surface area (Å²) in [6.07, 6.45) is 0. The Kier molecular flexibility index (Phi) is 3.72. The standard InChI is InChI=1S/C8H5Br2N3O2S/c9-3-6(14)11-8-13-12-7(16-8)4-1-2-5(10)15-4/h1-2H,3H2,(H,11,13,14). The number of amides is 1. The minimum atomic E-state index is -0.164. The summed E-state index contributed by atoms with van der Waals surface area (Å²) in [6.45, 7) is 0. The number of carbonyl (C=O) groups excluding carboxylic acids is 1. The molecule has 0 aliphatic rings. The number of anilines is 1. The van der Waals surface area contributed by atoms with Gasteiger partial charge in [0.2, 0.25) is 11.0 Å². The lowest BCUT2D eigenvalue weighted by molar-refractivity contribution is -0.113. The van der Waals surface area contributed by atoms with Crippen molar-refractivity contribution in [2.45, 2.75) is 0 Å². The number of alkyl halides is 1. The van der Waals surface area contributed by atoms with E-state index in [2.05, 4.69) is 47.4 Å². The maximum absolute atomic E-state index is 11.1. The normalized spacial score (nSPS) is 10.4. The highest BCUT2D eigenvalue weighted by Crippen LogP contribution is 2.29. The second-order valence-electron chi connectivity index (χ2n) is 2.70. The molecule has 1 amide bonds. The Hall–Kier alpha value is -0.730. The summed E-state index contributed by atoms with van der Waals surface area (Å²) in [4.78, 5) is 11.1. The van der Waals surface area contributed by atoms with Gasteiger partial charge >= 0.3 is 0 Å². The van der Waals surface area contributed by atoms with Crippen molar-refractivity contribution >= 4 is 54.2 Å². The molecule has 1 N–H and O–H groups in total. The first-order chi connectivity index (χ1) is 7.69. The molecule has 0 bridgehead atoms. The summed E-state index contributed by atoms with van der Waals surface area (Å²) in [7, 11) is 0. The third kappa shape index (κ3) is 2.69. The number of rotatable bonds is 3. The first kappa shape index (κ1) is 11.7. The van der Waals surface area contributed by atoms with Crippen molar-refractivity contribution in [2.24, 2.45) is 0 Å². The Balaban J connectivity index is 2.16. The van der Waals surface area contributed by atoms with E-state index in [1.165, 1.54) is 11.3 Å². The molecule has 0 aliphatic heterocycles. The largest absolute Gasteiger partial charge is 0.447 e. The molecule has 0 atom stereocenters. The molecule has 0 aliphatic carbocycles. The van der Waals surface area contributed by atoms with E-state index in [9.17, 15) is 4.79 Å². The van der Waals surface area contributed by atoms with Crippen molar-refractivity contribution in [3.63, 3.8) is 0 Å². The molecular formula is C8H5Br2N3O2S. The Labute approximate surface area is 112 Å². The minimum absolute atomic E-state index is 0.164. The molecule has 0 aromatic carbocycles. The first-order valence-corrected chi connectivity index (χ1v) is 6.87. The Morgan fingerprint density at radius 3 is 2.94 bits per heavy atom. The molecule has 2 aromatic rings. The molecule has 2 heterocycles. The molecule has 84 valence electrons. The zero-order valence-electron chi connectivity index (χ0n) is 7.74. The van der Waals surface area contributed by atoms with E-state index in [1.807, 2.05) is 0 Å². The van der Waals surface area contributed by atoms with Gasteiger partial charge in [0.25, 0.3) is 0 Å². The lowest BCUT2D eigenvalue weighted by Crippen LogP contribution is -2.11. The van der Waals surface area contributed by atoms with Crippen LogP contribution in [0.2, 0.25) is 0 Å². The molecule has 0 radical (unpaired) electrons. The maximum atomic E-state index is 11.1. The fourth-order valence-corrected chi connectivity index (χ4v) is 2.12. The van der Waals surface area contributed by atoms with Crippen molar-refractivity contribution in [1.29, 1.82) is 0 Å². The number of nitrogens with zero attached hydrogens (tertiary/aromatic N) is 2. The predicted octanol–water partition coefficient (Wildman–Crippen LogP) is 2.89. The fourth-order valence-electron chi connectivity index (χ4n) is 0.955. The highest BCUT2D eigenvalue weighted by atomic mass is 79.9. The molecule has 5 nitrogen and oxygen atoms in total. The van der Waals surface area contributed by atoms with Gasteiger partial charge < -0.3 is 4.42 Å². The van der Waals surface area contributed by atoms with E-state index in [0.717, 1.165) is 0 Å². The van der Waals surface area contributed by atoms with Gasteiger partial charge in [-0.25, -0.2) is 0 Å². The van der Waals surface area contributed by atoms with Crippen molar-refractivity contribution in [1.82, 2.24) is 10.2 Å². The van der Waals surface area contributed by atoms with Gasteiger partial charge in [0.15, 0.2) is 15.4 Å². The Morgan fingerprint density at radius 2 is 2.31 bits per heavy atom. The molecule has 0 saturated carbocycles. The number of hydrogen-bond donors (Lipinski definition) is 1. The van der Waals surface area contributed by atoms with Crippen molar-refractivity contribution in [3.05, 3.63) is 16.8 Å². The molecule has 0 saturated heterocycles. The van der Waals surface area contributed by atoms with Crippen LogP contribution in [0, 0.1) is 0 Å². The highest BCUT2D eigenvalue weighted by Gasteiger charge is 2.11. The highest BCUT2D eigenvalue weighted by molar-refractivity contribution is 9.10. The van der Waals surface area contributed by atoms with Gasteiger partial charge in [-0.05, 0) is 28.1 Å². The van der Waals surface area contributed by atoms with Crippen molar-refractivity contribution < 1.29 is 9.21 Å². The van der Waals surface area contributed by atoms with Crippen LogP contribution in [0.1, 0.15) is 0 Å². The van der Waals surface area contributed by atoms with Gasteiger partial charge in [-0.2, -0.15) is 0 Å². The number of nitrogens with one attached hydrogen (secondary N) is 1. The maximum Gasteiger partial charge on any atom is 0.236 e. The second kappa shape index (κ2) is 5.07. The van der Waals surface area contributed by atoms with Crippen LogP contribution in [0.15, 0.2) is 21.2 Å². The van der Waals surface area contributed by atoms with E-state index in [4.69, 9.17) is 4.42 Å². The van der Waals surface area contributed by atoms with E-state index >= 15 is 0 Å². The third-order valence-electron chi connectivity index (χ3n) is 1.58. The lowest BCUT2D eigenvalue weighted by Gasteiger charge is -1.93.